The number of anilines is 1. The Morgan fingerprint density at radius 2 is 2.11 bits per heavy atom. The van der Waals surface area contributed by atoms with Crippen LogP contribution >= 0.6 is 15.9 Å². The predicted octanol–water partition coefficient (Wildman–Crippen LogP) is 4.35. The van der Waals surface area contributed by atoms with Crippen molar-refractivity contribution in [2.24, 2.45) is 5.41 Å². The van der Waals surface area contributed by atoms with Gasteiger partial charge in [0.15, 0.2) is 0 Å². The Hall–Kier alpha value is -1.03. The standard InChI is InChI=1S/C15H20BrN3/c1-2-15(7-3-4-8-15)10-19-13-9-11(16)5-6-12(13)18-14(19)17/h5-6,9H,2-4,7-8,10H2,1H3,(H2,17,18). The summed E-state index contributed by atoms with van der Waals surface area (Å²) in [6.45, 7) is 3.30. The third kappa shape index (κ3) is 2.27. The molecule has 1 fully saturated rings. The van der Waals surface area contributed by atoms with Gasteiger partial charge in [-0.05, 0) is 42.9 Å². The summed E-state index contributed by atoms with van der Waals surface area (Å²) in [7, 11) is 0. The minimum absolute atomic E-state index is 0.421. The highest BCUT2D eigenvalue weighted by molar-refractivity contribution is 9.10. The van der Waals surface area contributed by atoms with Crippen molar-refractivity contribution in [1.82, 2.24) is 9.55 Å². The summed E-state index contributed by atoms with van der Waals surface area (Å²) in [5.41, 5.74) is 8.69. The summed E-state index contributed by atoms with van der Waals surface area (Å²) in [6, 6.07) is 6.17. The zero-order valence-corrected chi connectivity index (χ0v) is 12.9. The molecular weight excluding hydrogens is 302 g/mol. The quantitative estimate of drug-likeness (QED) is 0.913. The number of aromatic nitrogens is 2. The van der Waals surface area contributed by atoms with Crippen molar-refractivity contribution in [1.29, 1.82) is 0 Å². The maximum Gasteiger partial charge on any atom is 0.201 e. The van der Waals surface area contributed by atoms with E-state index in [1.54, 1.807) is 0 Å². The summed E-state index contributed by atoms with van der Waals surface area (Å²) < 4.78 is 3.28. The molecule has 1 aliphatic rings. The van der Waals surface area contributed by atoms with Crippen LogP contribution in [0.15, 0.2) is 22.7 Å². The van der Waals surface area contributed by atoms with E-state index in [1.165, 1.54) is 32.1 Å². The number of benzene rings is 1. The van der Waals surface area contributed by atoms with Crippen LogP contribution in [0, 0.1) is 5.41 Å². The fourth-order valence-electron chi connectivity index (χ4n) is 3.36. The van der Waals surface area contributed by atoms with Gasteiger partial charge in [0.2, 0.25) is 5.95 Å². The normalized spacial score (nSPS) is 18.2. The SMILES string of the molecule is CCC1(Cn2c(N)nc3ccc(Br)cc32)CCCC1. The number of nitrogen functional groups attached to an aromatic ring is 1. The average Bonchev–Trinajstić information content (AvgIpc) is 2.98. The van der Waals surface area contributed by atoms with Crippen LogP contribution in [-0.2, 0) is 6.54 Å². The molecule has 1 heterocycles. The Labute approximate surface area is 122 Å². The molecule has 1 saturated carbocycles. The number of imidazole rings is 1. The van der Waals surface area contributed by atoms with E-state index >= 15 is 0 Å². The molecule has 0 amide bonds. The predicted molar refractivity (Wildman–Crippen MR) is 83.0 cm³/mol. The topological polar surface area (TPSA) is 43.8 Å². The van der Waals surface area contributed by atoms with Gasteiger partial charge in [0.25, 0.3) is 0 Å². The average molecular weight is 322 g/mol. The van der Waals surface area contributed by atoms with Crippen LogP contribution in [-0.4, -0.2) is 9.55 Å². The number of hydrogen-bond acceptors (Lipinski definition) is 2. The largest absolute Gasteiger partial charge is 0.369 e. The lowest BCUT2D eigenvalue weighted by molar-refractivity contribution is 0.242. The highest BCUT2D eigenvalue weighted by Crippen LogP contribution is 2.43. The maximum atomic E-state index is 6.13. The molecule has 1 aliphatic carbocycles. The van der Waals surface area contributed by atoms with Gasteiger partial charge < -0.3 is 10.3 Å². The first-order valence-electron chi connectivity index (χ1n) is 7.05. The van der Waals surface area contributed by atoms with Crippen molar-refractivity contribution >= 4 is 32.9 Å². The molecule has 0 atom stereocenters. The number of rotatable bonds is 3. The summed E-state index contributed by atoms with van der Waals surface area (Å²) in [6.07, 6.45) is 6.56. The highest BCUT2D eigenvalue weighted by Gasteiger charge is 2.33. The first-order chi connectivity index (χ1) is 9.13. The van der Waals surface area contributed by atoms with Gasteiger partial charge in [-0.25, -0.2) is 4.98 Å². The first kappa shape index (κ1) is 13.0. The molecule has 0 saturated heterocycles. The van der Waals surface area contributed by atoms with Crippen molar-refractivity contribution in [3.8, 4) is 0 Å². The van der Waals surface area contributed by atoms with Gasteiger partial charge in [-0.3, -0.25) is 0 Å². The number of nitrogens with two attached hydrogens (primary N) is 1. The second kappa shape index (κ2) is 4.82. The van der Waals surface area contributed by atoms with Crippen LogP contribution in [0.4, 0.5) is 5.95 Å². The van der Waals surface area contributed by atoms with Crippen LogP contribution in [0.1, 0.15) is 39.0 Å². The van der Waals surface area contributed by atoms with Crippen molar-refractivity contribution < 1.29 is 0 Å². The molecule has 1 aromatic heterocycles. The third-order valence-electron chi connectivity index (χ3n) is 4.65. The summed E-state index contributed by atoms with van der Waals surface area (Å²) in [5, 5.41) is 0. The van der Waals surface area contributed by atoms with Crippen LogP contribution in [0.3, 0.4) is 0 Å². The highest BCUT2D eigenvalue weighted by atomic mass is 79.9. The second-order valence-corrected chi connectivity index (χ2v) is 6.67. The second-order valence-electron chi connectivity index (χ2n) is 5.75. The molecule has 3 rings (SSSR count). The van der Waals surface area contributed by atoms with E-state index in [1.807, 2.05) is 12.1 Å². The molecule has 1 aromatic carbocycles. The van der Waals surface area contributed by atoms with Gasteiger partial charge in [-0.1, -0.05) is 35.7 Å². The lowest BCUT2D eigenvalue weighted by atomic mass is 9.83. The van der Waals surface area contributed by atoms with Gasteiger partial charge in [0.1, 0.15) is 0 Å². The molecule has 2 aromatic rings. The van der Waals surface area contributed by atoms with E-state index in [0.29, 0.717) is 11.4 Å². The smallest absolute Gasteiger partial charge is 0.201 e. The molecule has 0 unspecified atom stereocenters. The Kier molecular flexibility index (Phi) is 3.29. The minimum atomic E-state index is 0.421. The molecule has 2 N–H and O–H groups in total. The Bertz CT molecular complexity index is 597. The van der Waals surface area contributed by atoms with Crippen LogP contribution in [0.2, 0.25) is 0 Å². The monoisotopic (exact) mass is 321 g/mol. The molecule has 0 aliphatic heterocycles. The van der Waals surface area contributed by atoms with E-state index in [2.05, 4.69) is 38.5 Å². The van der Waals surface area contributed by atoms with E-state index < -0.39 is 0 Å². The zero-order valence-electron chi connectivity index (χ0n) is 11.3. The number of nitrogens with zero attached hydrogens (tertiary/aromatic N) is 2. The van der Waals surface area contributed by atoms with Gasteiger partial charge in [0.05, 0.1) is 11.0 Å². The lowest BCUT2D eigenvalue weighted by Crippen LogP contribution is -2.23. The van der Waals surface area contributed by atoms with Crippen molar-refractivity contribution in [3.05, 3.63) is 22.7 Å². The molecule has 0 radical (unpaired) electrons. The van der Waals surface area contributed by atoms with Gasteiger partial charge in [-0.15, -0.1) is 0 Å². The Morgan fingerprint density at radius 3 is 2.79 bits per heavy atom. The minimum Gasteiger partial charge on any atom is -0.369 e. The summed E-state index contributed by atoms with van der Waals surface area (Å²) in [4.78, 5) is 4.48. The summed E-state index contributed by atoms with van der Waals surface area (Å²) >= 11 is 3.54. The molecule has 3 nitrogen and oxygen atoms in total. The fourth-order valence-corrected chi connectivity index (χ4v) is 3.71. The zero-order chi connectivity index (χ0) is 13.5. The van der Waals surface area contributed by atoms with Crippen LogP contribution in [0.5, 0.6) is 0 Å². The first-order valence-corrected chi connectivity index (χ1v) is 7.84. The van der Waals surface area contributed by atoms with Crippen molar-refractivity contribution in [2.45, 2.75) is 45.6 Å². The van der Waals surface area contributed by atoms with E-state index in [-0.39, 0.29) is 0 Å². The van der Waals surface area contributed by atoms with E-state index in [9.17, 15) is 0 Å². The third-order valence-corrected chi connectivity index (χ3v) is 5.14. The Morgan fingerprint density at radius 1 is 1.37 bits per heavy atom. The van der Waals surface area contributed by atoms with Gasteiger partial charge in [-0.2, -0.15) is 0 Å². The van der Waals surface area contributed by atoms with E-state index in [0.717, 1.165) is 22.1 Å². The van der Waals surface area contributed by atoms with Crippen molar-refractivity contribution in [3.63, 3.8) is 0 Å². The molecule has 0 bridgehead atoms. The van der Waals surface area contributed by atoms with Gasteiger partial charge >= 0.3 is 0 Å². The number of hydrogen-bond donors (Lipinski definition) is 1. The lowest BCUT2D eigenvalue weighted by Gasteiger charge is -2.28. The molecule has 19 heavy (non-hydrogen) atoms. The molecule has 102 valence electrons. The van der Waals surface area contributed by atoms with E-state index in [4.69, 9.17) is 5.73 Å². The van der Waals surface area contributed by atoms with Crippen LogP contribution in [0.25, 0.3) is 11.0 Å². The van der Waals surface area contributed by atoms with Crippen molar-refractivity contribution in [2.75, 3.05) is 5.73 Å². The molecular formula is C15H20BrN3. The number of fused-ring (bicyclic) bond motifs is 1. The van der Waals surface area contributed by atoms with Crippen LogP contribution < -0.4 is 5.73 Å². The summed E-state index contributed by atoms with van der Waals surface area (Å²) in [5.74, 6) is 0.646. The van der Waals surface area contributed by atoms with Gasteiger partial charge in [0, 0.05) is 11.0 Å². The Balaban J connectivity index is 2.04. The molecule has 4 heteroatoms. The maximum absolute atomic E-state index is 6.13. The number of halogens is 1. The fraction of sp³-hybridized carbons (Fsp3) is 0.533. The molecule has 0 spiro atoms.